The Morgan fingerprint density at radius 2 is 2.35 bits per heavy atom. The molecule has 9 nitrogen and oxygen atoms in total. The van der Waals surface area contributed by atoms with E-state index in [2.05, 4.69) is 20.1 Å². The molecule has 0 spiro atoms. The number of anilines is 1. The molecule has 0 radical (unpaired) electrons. The summed E-state index contributed by atoms with van der Waals surface area (Å²) in [5.74, 6) is 0.321. The van der Waals surface area contributed by atoms with Crippen molar-refractivity contribution in [3.8, 4) is 11.3 Å². The van der Waals surface area contributed by atoms with Gasteiger partial charge >= 0.3 is 0 Å². The number of hydrogen-bond donors (Lipinski definition) is 4. The Balaban J connectivity index is 1.90. The molecular weight excluding hydrogens is 300 g/mol. The Labute approximate surface area is 130 Å². The number of aliphatic hydroxyl groups is 2. The second-order valence-electron chi connectivity index (χ2n) is 5.52. The Bertz CT molecular complexity index is 831. The highest BCUT2D eigenvalue weighted by molar-refractivity contribution is 5.86. The van der Waals surface area contributed by atoms with Gasteiger partial charge in [0.05, 0.1) is 42.7 Å². The molecule has 3 atom stereocenters. The second kappa shape index (κ2) is 5.30. The lowest BCUT2D eigenvalue weighted by Crippen LogP contribution is -2.15. The molecule has 1 aliphatic rings. The van der Waals surface area contributed by atoms with E-state index in [1.54, 1.807) is 17.0 Å². The van der Waals surface area contributed by atoms with Gasteiger partial charge in [-0.1, -0.05) is 0 Å². The van der Waals surface area contributed by atoms with Crippen LogP contribution >= 0.6 is 0 Å². The lowest BCUT2D eigenvalue weighted by Gasteiger charge is -2.14. The molecule has 0 bridgehead atoms. The van der Waals surface area contributed by atoms with Crippen LogP contribution in [0, 0.1) is 0 Å². The Hall–Kier alpha value is -2.49. The first-order valence-corrected chi connectivity index (χ1v) is 7.24. The normalized spacial score (nSPS) is 24.5. The largest absolute Gasteiger partial charge is 0.394 e. The maximum atomic E-state index is 10.3. The van der Waals surface area contributed by atoms with Gasteiger partial charge in [-0.15, -0.1) is 0 Å². The first-order chi connectivity index (χ1) is 11.2. The molecule has 1 saturated heterocycles. The van der Waals surface area contributed by atoms with E-state index < -0.39 is 18.3 Å². The second-order valence-corrected chi connectivity index (χ2v) is 5.52. The molecule has 0 aliphatic carbocycles. The number of aromatic amines is 1. The summed E-state index contributed by atoms with van der Waals surface area (Å²) < 4.78 is 7.36. The number of hydrogen-bond acceptors (Lipinski definition) is 7. The fraction of sp³-hybridized carbons (Fsp3) is 0.357. The molecule has 1 aliphatic heterocycles. The molecule has 23 heavy (non-hydrogen) atoms. The Morgan fingerprint density at radius 1 is 1.48 bits per heavy atom. The summed E-state index contributed by atoms with van der Waals surface area (Å²) in [6.45, 7) is -0.138. The third-order valence-corrected chi connectivity index (χ3v) is 4.09. The third kappa shape index (κ3) is 2.17. The average molecular weight is 316 g/mol. The van der Waals surface area contributed by atoms with Crippen molar-refractivity contribution in [2.24, 2.45) is 0 Å². The first-order valence-electron chi connectivity index (χ1n) is 7.24. The molecule has 120 valence electrons. The fourth-order valence-corrected chi connectivity index (χ4v) is 3.03. The molecule has 0 amide bonds. The highest BCUT2D eigenvalue weighted by atomic mass is 16.5. The average Bonchev–Trinajstić information content (AvgIpc) is 3.25. The van der Waals surface area contributed by atoms with Crippen LogP contribution < -0.4 is 5.73 Å². The molecule has 0 aromatic carbocycles. The van der Waals surface area contributed by atoms with Gasteiger partial charge in [0.15, 0.2) is 5.82 Å². The summed E-state index contributed by atoms with van der Waals surface area (Å²) in [6.07, 6.45) is 3.26. The summed E-state index contributed by atoms with van der Waals surface area (Å²) in [4.78, 5) is 11.1. The summed E-state index contributed by atoms with van der Waals surface area (Å²) in [5, 5.41) is 23.8. The van der Waals surface area contributed by atoms with E-state index in [4.69, 9.17) is 10.5 Å². The van der Waals surface area contributed by atoms with Crippen molar-refractivity contribution in [2.45, 2.75) is 24.7 Å². The standard InChI is InChI=1S/C14H16N6O3/c15-14-12-8(9-3-16-5-17-9)2-10(20(12)19-6-18-14)13-11(22)1-7(4-21)23-13/h2-3,5-7,11,13,21-22H,1,4H2,(H,16,17)(H2,15,18,19)/t7-,11-,13-/m0/s1. The third-order valence-electron chi connectivity index (χ3n) is 4.09. The predicted octanol–water partition coefficient (Wildman–Crippen LogP) is -0.115. The number of aliphatic hydroxyl groups excluding tert-OH is 2. The van der Waals surface area contributed by atoms with Gasteiger partial charge in [-0.25, -0.2) is 14.5 Å². The van der Waals surface area contributed by atoms with Crippen LogP contribution in [-0.4, -0.2) is 53.6 Å². The van der Waals surface area contributed by atoms with Gasteiger partial charge in [-0.2, -0.15) is 5.10 Å². The van der Waals surface area contributed by atoms with Crippen molar-refractivity contribution >= 4 is 11.3 Å². The zero-order valence-corrected chi connectivity index (χ0v) is 12.1. The zero-order chi connectivity index (χ0) is 16.0. The van der Waals surface area contributed by atoms with Crippen LogP contribution in [0.5, 0.6) is 0 Å². The van der Waals surface area contributed by atoms with E-state index in [1.807, 2.05) is 6.07 Å². The van der Waals surface area contributed by atoms with E-state index in [9.17, 15) is 10.2 Å². The van der Waals surface area contributed by atoms with E-state index in [0.717, 1.165) is 11.3 Å². The fourth-order valence-electron chi connectivity index (χ4n) is 3.03. The highest BCUT2D eigenvalue weighted by Gasteiger charge is 2.37. The molecule has 0 saturated carbocycles. The zero-order valence-electron chi connectivity index (χ0n) is 12.1. The number of H-pyrrole nitrogens is 1. The molecule has 0 unspecified atom stereocenters. The van der Waals surface area contributed by atoms with Gasteiger partial charge in [0.1, 0.15) is 17.9 Å². The number of nitrogens with zero attached hydrogens (tertiary/aromatic N) is 4. The van der Waals surface area contributed by atoms with Crippen molar-refractivity contribution in [2.75, 3.05) is 12.3 Å². The number of aromatic nitrogens is 5. The van der Waals surface area contributed by atoms with Gasteiger partial charge in [0, 0.05) is 12.0 Å². The summed E-state index contributed by atoms with van der Waals surface area (Å²) in [7, 11) is 0. The van der Waals surface area contributed by atoms with Gasteiger partial charge in [-0.3, -0.25) is 0 Å². The quantitative estimate of drug-likeness (QED) is 0.529. The lowest BCUT2D eigenvalue weighted by molar-refractivity contribution is -0.0136. The Kier molecular flexibility index (Phi) is 3.26. The number of rotatable bonds is 3. The molecule has 1 fully saturated rings. The van der Waals surface area contributed by atoms with E-state index in [-0.39, 0.29) is 6.61 Å². The molecule has 4 heterocycles. The topological polar surface area (TPSA) is 135 Å². The van der Waals surface area contributed by atoms with Crippen LogP contribution in [0.2, 0.25) is 0 Å². The van der Waals surface area contributed by atoms with Crippen molar-refractivity contribution in [1.29, 1.82) is 0 Å². The number of fused-ring (bicyclic) bond motifs is 1. The minimum atomic E-state index is -0.726. The van der Waals surface area contributed by atoms with Gasteiger partial charge < -0.3 is 25.7 Å². The molecule has 5 N–H and O–H groups in total. The van der Waals surface area contributed by atoms with Gasteiger partial charge in [0.2, 0.25) is 0 Å². The maximum absolute atomic E-state index is 10.3. The van der Waals surface area contributed by atoms with Crippen molar-refractivity contribution in [3.63, 3.8) is 0 Å². The monoisotopic (exact) mass is 316 g/mol. The van der Waals surface area contributed by atoms with Crippen LogP contribution in [0.1, 0.15) is 18.2 Å². The smallest absolute Gasteiger partial charge is 0.152 e. The van der Waals surface area contributed by atoms with Crippen LogP contribution in [0.15, 0.2) is 24.9 Å². The van der Waals surface area contributed by atoms with Crippen molar-refractivity contribution in [3.05, 3.63) is 30.6 Å². The van der Waals surface area contributed by atoms with Crippen LogP contribution in [-0.2, 0) is 4.74 Å². The summed E-state index contributed by atoms with van der Waals surface area (Å²) in [6, 6.07) is 1.85. The number of ether oxygens (including phenoxy) is 1. The van der Waals surface area contributed by atoms with Gasteiger partial charge in [-0.05, 0) is 6.07 Å². The first kappa shape index (κ1) is 14.1. The van der Waals surface area contributed by atoms with Crippen LogP contribution in [0.25, 0.3) is 16.8 Å². The SMILES string of the molecule is Nc1ncnn2c([C@@H]3O[C@H](CO)C[C@@H]3O)cc(-c3cnc[nH]3)c12. The van der Waals surface area contributed by atoms with Crippen LogP contribution in [0.4, 0.5) is 5.82 Å². The van der Waals surface area contributed by atoms with E-state index in [1.165, 1.54) is 6.33 Å². The number of imidazole rings is 1. The minimum absolute atomic E-state index is 0.138. The van der Waals surface area contributed by atoms with E-state index >= 15 is 0 Å². The molecule has 3 aromatic heterocycles. The molecular formula is C14H16N6O3. The Morgan fingerprint density at radius 3 is 3.04 bits per heavy atom. The van der Waals surface area contributed by atoms with Gasteiger partial charge in [0.25, 0.3) is 0 Å². The molecule has 4 rings (SSSR count). The number of nitrogens with two attached hydrogens (primary N) is 1. The maximum Gasteiger partial charge on any atom is 0.152 e. The molecule has 3 aromatic rings. The minimum Gasteiger partial charge on any atom is -0.394 e. The number of nitrogens with one attached hydrogen (secondary N) is 1. The predicted molar refractivity (Wildman–Crippen MR) is 80.3 cm³/mol. The van der Waals surface area contributed by atoms with Crippen molar-refractivity contribution in [1.82, 2.24) is 24.6 Å². The molecule has 9 heteroatoms. The highest BCUT2D eigenvalue weighted by Crippen LogP contribution is 2.38. The van der Waals surface area contributed by atoms with Crippen LogP contribution in [0.3, 0.4) is 0 Å². The van der Waals surface area contributed by atoms with Crippen molar-refractivity contribution < 1.29 is 14.9 Å². The summed E-state index contributed by atoms with van der Waals surface area (Å²) in [5.41, 5.74) is 8.83. The lowest BCUT2D eigenvalue weighted by atomic mass is 10.1. The summed E-state index contributed by atoms with van der Waals surface area (Å²) >= 11 is 0. The van der Waals surface area contributed by atoms with E-state index in [0.29, 0.717) is 23.4 Å². The number of nitrogen functional groups attached to an aromatic ring is 1.